The first-order valence-electron chi connectivity index (χ1n) is 3.90. The molecule has 1 aromatic heterocycles. The second-order valence-corrected chi connectivity index (χ2v) is 3.02. The maximum absolute atomic E-state index is 5.54. The molecule has 3 heteroatoms. The second kappa shape index (κ2) is 3.05. The zero-order valence-corrected chi connectivity index (χ0v) is 7.33. The third-order valence-electron chi connectivity index (χ3n) is 1.63. The highest BCUT2D eigenvalue weighted by molar-refractivity contribution is 5.08. The van der Waals surface area contributed by atoms with Gasteiger partial charge in [-0.2, -0.15) is 5.10 Å². The van der Waals surface area contributed by atoms with Crippen LogP contribution >= 0.6 is 0 Å². The van der Waals surface area contributed by atoms with Crippen molar-refractivity contribution in [1.29, 1.82) is 0 Å². The number of hydrogen-bond acceptors (Lipinski definition) is 2. The van der Waals surface area contributed by atoms with Crippen molar-refractivity contribution >= 4 is 0 Å². The van der Waals surface area contributed by atoms with Crippen LogP contribution in [0.25, 0.3) is 0 Å². The van der Waals surface area contributed by atoms with Gasteiger partial charge in [0.15, 0.2) is 0 Å². The fourth-order valence-corrected chi connectivity index (χ4v) is 1.17. The average Bonchev–Trinajstić information content (AvgIpc) is 2.30. The van der Waals surface area contributed by atoms with Gasteiger partial charge in [0.1, 0.15) is 0 Å². The summed E-state index contributed by atoms with van der Waals surface area (Å²) in [6, 6.07) is 2.43. The molecule has 0 saturated carbocycles. The van der Waals surface area contributed by atoms with E-state index in [-0.39, 0.29) is 0 Å². The minimum atomic E-state index is 0.405. The van der Waals surface area contributed by atoms with Gasteiger partial charge in [-0.15, -0.1) is 0 Å². The molecule has 0 bridgehead atoms. The number of aryl methyl sites for hydroxylation is 1. The smallest absolute Gasteiger partial charge is 0.0597 e. The van der Waals surface area contributed by atoms with Crippen molar-refractivity contribution in [2.45, 2.75) is 33.4 Å². The van der Waals surface area contributed by atoms with Crippen LogP contribution in [0.2, 0.25) is 0 Å². The largest absolute Gasteiger partial charge is 0.325 e. The highest BCUT2D eigenvalue weighted by atomic mass is 15.3. The third kappa shape index (κ3) is 1.60. The van der Waals surface area contributed by atoms with Crippen molar-refractivity contribution in [3.63, 3.8) is 0 Å². The molecule has 1 aromatic rings. The predicted octanol–water partition coefficient (Wildman–Crippen LogP) is 1.23. The van der Waals surface area contributed by atoms with Crippen molar-refractivity contribution in [2.75, 3.05) is 0 Å². The first-order chi connectivity index (χ1) is 5.15. The number of hydrogen-bond donors (Lipinski definition) is 1. The summed E-state index contributed by atoms with van der Waals surface area (Å²) in [5.74, 6) is 0. The third-order valence-corrected chi connectivity index (χ3v) is 1.63. The van der Waals surface area contributed by atoms with Gasteiger partial charge in [-0.3, -0.25) is 4.68 Å². The van der Waals surface area contributed by atoms with Crippen LogP contribution in [-0.4, -0.2) is 9.78 Å². The maximum Gasteiger partial charge on any atom is 0.0597 e. The Balaban J connectivity index is 3.02. The molecule has 1 rings (SSSR count). The summed E-state index contributed by atoms with van der Waals surface area (Å²) in [6.45, 7) is 6.76. The fourth-order valence-electron chi connectivity index (χ4n) is 1.17. The van der Waals surface area contributed by atoms with Gasteiger partial charge in [-0.1, -0.05) is 0 Å². The van der Waals surface area contributed by atoms with Crippen molar-refractivity contribution in [3.8, 4) is 0 Å². The molecule has 3 nitrogen and oxygen atoms in total. The molecule has 0 amide bonds. The monoisotopic (exact) mass is 153 g/mol. The SMILES string of the molecule is Cc1cc(CN)n(C(C)C)n1. The Morgan fingerprint density at radius 2 is 2.27 bits per heavy atom. The Hall–Kier alpha value is -0.830. The number of rotatable bonds is 2. The molecule has 0 unspecified atom stereocenters. The summed E-state index contributed by atoms with van der Waals surface area (Å²) in [4.78, 5) is 0. The van der Waals surface area contributed by atoms with E-state index in [0.29, 0.717) is 12.6 Å². The van der Waals surface area contributed by atoms with E-state index >= 15 is 0 Å². The van der Waals surface area contributed by atoms with E-state index in [1.807, 2.05) is 17.7 Å². The number of nitrogens with two attached hydrogens (primary N) is 1. The highest BCUT2D eigenvalue weighted by Crippen LogP contribution is 2.09. The van der Waals surface area contributed by atoms with Crippen molar-refractivity contribution in [2.24, 2.45) is 5.73 Å². The molecule has 0 aliphatic carbocycles. The van der Waals surface area contributed by atoms with E-state index < -0.39 is 0 Å². The molecular formula is C8H15N3. The summed E-state index contributed by atoms with van der Waals surface area (Å²) in [5.41, 5.74) is 7.69. The molecule has 62 valence electrons. The minimum Gasteiger partial charge on any atom is -0.325 e. The topological polar surface area (TPSA) is 43.8 Å². The van der Waals surface area contributed by atoms with E-state index in [0.717, 1.165) is 11.4 Å². The summed E-state index contributed by atoms with van der Waals surface area (Å²) in [7, 11) is 0. The van der Waals surface area contributed by atoms with Crippen LogP contribution in [0.3, 0.4) is 0 Å². The van der Waals surface area contributed by atoms with Gasteiger partial charge < -0.3 is 5.73 Å². The zero-order valence-electron chi connectivity index (χ0n) is 7.33. The lowest BCUT2D eigenvalue weighted by Gasteiger charge is -2.08. The van der Waals surface area contributed by atoms with Crippen LogP contribution in [0.15, 0.2) is 6.07 Å². The van der Waals surface area contributed by atoms with Gasteiger partial charge in [-0.25, -0.2) is 0 Å². The fraction of sp³-hybridized carbons (Fsp3) is 0.625. The van der Waals surface area contributed by atoms with Gasteiger partial charge in [0, 0.05) is 12.6 Å². The summed E-state index contributed by atoms with van der Waals surface area (Å²) >= 11 is 0. The normalized spacial score (nSPS) is 11.0. The van der Waals surface area contributed by atoms with E-state index in [1.54, 1.807) is 0 Å². The maximum atomic E-state index is 5.54. The molecule has 0 aromatic carbocycles. The molecule has 0 radical (unpaired) electrons. The zero-order chi connectivity index (χ0) is 8.43. The standard InChI is InChI=1S/C8H15N3/c1-6(2)11-8(5-9)4-7(3)10-11/h4,6H,5,9H2,1-3H3. The molecule has 1 heterocycles. The molecule has 0 aliphatic rings. The van der Waals surface area contributed by atoms with Crippen molar-refractivity contribution in [1.82, 2.24) is 9.78 Å². The lowest BCUT2D eigenvalue weighted by atomic mass is 10.3. The van der Waals surface area contributed by atoms with Crippen LogP contribution in [0, 0.1) is 6.92 Å². The predicted molar refractivity (Wildman–Crippen MR) is 45.2 cm³/mol. The Labute approximate surface area is 67.2 Å². The van der Waals surface area contributed by atoms with Crippen molar-refractivity contribution in [3.05, 3.63) is 17.5 Å². The first kappa shape index (κ1) is 8.27. The van der Waals surface area contributed by atoms with Crippen LogP contribution in [-0.2, 0) is 6.54 Å². The van der Waals surface area contributed by atoms with Gasteiger partial charge in [-0.05, 0) is 26.8 Å². The molecular weight excluding hydrogens is 138 g/mol. The Morgan fingerprint density at radius 3 is 2.64 bits per heavy atom. The van der Waals surface area contributed by atoms with E-state index in [1.165, 1.54) is 0 Å². The summed E-state index contributed by atoms with van der Waals surface area (Å²) in [6.07, 6.45) is 0. The van der Waals surface area contributed by atoms with E-state index in [9.17, 15) is 0 Å². The minimum absolute atomic E-state index is 0.405. The number of nitrogens with zero attached hydrogens (tertiary/aromatic N) is 2. The van der Waals surface area contributed by atoms with Gasteiger partial charge in [0.05, 0.1) is 11.4 Å². The molecule has 0 aliphatic heterocycles. The molecule has 0 spiro atoms. The van der Waals surface area contributed by atoms with Crippen LogP contribution < -0.4 is 5.73 Å². The van der Waals surface area contributed by atoms with Crippen LogP contribution in [0.1, 0.15) is 31.3 Å². The second-order valence-electron chi connectivity index (χ2n) is 3.02. The van der Waals surface area contributed by atoms with Gasteiger partial charge >= 0.3 is 0 Å². The highest BCUT2D eigenvalue weighted by Gasteiger charge is 2.05. The summed E-state index contributed by atoms with van der Waals surface area (Å²) in [5, 5.41) is 4.32. The molecule has 0 fully saturated rings. The molecule has 2 N–H and O–H groups in total. The van der Waals surface area contributed by atoms with E-state index in [4.69, 9.17) is 5.73 Å². The Morgan fingerprint density at radius 1 is 1.64 bits per heavy atom. The Kier molecular flexibility index (Phi) is 2.29. The van der Waals surface area contributed by atoms with Crippen LogP contribution in [0.5, 0.6) is 0 Å². The molecule has 0 saturated heterocycles. The van der Waals surface area contributed by atoms with E-state index in [2.05, 4.69) is 18.9 Å². The average molecular weight is 153 g/mol. The summed E-state index contributed by atoms with van der Waals surface area (Å²) < 4.78 is 1.97. The lowest BCUT2D eigenvalue weighted by Crippen LogP contribution is -2.10. The lowest BCUT2D eigenvalue weighted by molar-refractivity contribution is 0.507. The quantitative estimate of drug-likeness (QED) is 0.694. The van der Waals surface area contributed by atoms with Gasteiger partial charge in [0.25, 0.3) is 0 Å². The van der Waals surface area contributed by atoms with Crippen molar-refractivity contribution < 1.29 is 0 Å². The first-order valence-corrected chi connectivity index (χ1v) is 3.90. The molecule has 11 heavy (non-hydrogen) atoms. The van der Waals surface area contributed by atoms with Gasteiger partial charge in [0.2, 0.25) is 0 Å². The number of aromatic nitrogens is 2. The van der Waals surface area contributed by atoms with Crippen LogP contribution in [0.4, 0.5) is 0 Å². The molecule has 0 atom stereocenters. The Bertz CT molecular complexity index is 237.